The van der Waals surface area contributed by atoms with Crippen molar-refractivity contribution in [2.45, 2.75) is 6.92 Å². The van der Waals surface area contributed by atoms with Gasteiger partial charge in [0.05, 0.1) is 0 Å². The fourth-order valence-corrected chi connectivity index (χ4v) is 2.65. The van der Waals surface area contributed by atoms with Gasteiger partial charge in [0, 0.05) is 23.1 Å². The van der Waals surface area contributed by atoms with Gasteiger partial charge in [0.25, 0.3) is 0 Å². The Labute approximate surface area is 133 Å². The Morgan fingerprint density at radius 1 is 1.17 bits per heavy atom. The van der Waals surface area contributed by atoms with Crippen molar-refractivity contribution in [3.05, 3.63) is 83.1 Å². The predicted molar refractivity (Wildman–Crippen MR) is 93.8 cm³/mol. The largest absolute Gasteiger partial charge is 0.508 e. The summed E-state index contributed by atoms with van der Waals surface area (Å²) >= 11 is 0. The lowest BCUT2D eigenvalue weighted by Gasteiger charge is -2.15. The molecule has 3 rings (SSSR count). The molecular formula is C20H16O3. The zero-order chi connectivity index (χ0) is 16.4. The molecule has 0 spiro atoms. The number of phenols is 1. The lowest BCUT2D eigenvalue weighted by atomic mass is 9.94. The van der Waals surface area contributed by atoms with Crippen LogP contribution in [-0.2, 0) is 0 Å². The highest BCUT2D eigenvalue weighted by Crippen LogP contribution is 2.37. The van der Waals surface area contributed by atoms with Crippen molar-refractivity contribution in [2.75, 3.05) is 0 Å². The van der Waals surface area contributed by atoms with Crippen LogP contribution in [0.5, 0.6) is 5.75 Å². The fraction of sp³-hybridized carbons (Fsp3) is 0.0500. The van der Waals surface area contributed by atoms with Crippen LogP contribution >= 0.6 is 0 Å². The van der Waals surface area contributed by atoms with E-state index in [4.69, 9.17) is 4.42 Å². The summed E-state index contributed by atoms with van der Waals surface area (Å²) in [6.07, 6.45) is 7.45. The molecule has 0 fully saturated rings. The summed E-state index contributed by atoms with van der Waals surface area (Å²) in [5, 5.41) is 10.6. The summed E-state index contributed by atoms with van der Waals surface area (Å²) in [6.45, 7) is 5.66. The van der Waals surface area contributed by atoms with Gasteiger partial charge in [0.15, 0.2) is 5.43 Å². The van der Waals surface area contributed by atoms with E-state index in [2.05, 4.69) is 6.58 Å². The molecule has 3 heteroatoms. The van der Waals surface area contributed by atoms with Gasteiger partial charge in [-0.25, -0.2) is 0 Å². The first kappa shape index (κ1) is 14.9. The van der Waals surface area contributed by atoms with Crippen LogP contribution in [0.2, 0.25) is 0 Å². The zero-order valence-corrected chi connectivity index (χ0v) is 12.7. The van der Waals surface area contributed by atoms with Crippen LogP contribution in [0.1, 0.15) is 12.5 Å². The van der Waals surface area contributed by atoms with Crippen LogP contribution in [0, 0.1) is 0 Å². The first-order valence-corrected chi connectivity index (χ1v) is 7.26. The Morgan fingerprint density at radius 3 is 2.78 bits per heavy atom. The average molecular weight is 304 g/mol. The first-order chi connectivity index (χ1) is 11.1. The van der Waals surface area contributed by atoms with Crippen molar-refractivity contribution in [1.82, 2.24) is 0 Å². The van der Waals surface area contributed by atoms with E-state index >= 15 is 0 Å². The maximum absolute atomic E-state index is 11.6. The molecule has 0 radical (unpaired) electrons. The van der Waals surface area contributed by atoms with Gasteiger partial charge in [-0.1, -0.05) is 30.9 Å². The molecule has 0 atom stereocenters. The maximum Gasteiger partial charge on any atom is 0.182 e. The van der Waals surface area contributed by atoms with E-state index in [1.165, 1.54) is 12.1 Å². The third-order valence-corrected chi connectivity index (χ3v) is 3.66. The minimum absolute atomic E-state index is 0.111. The number of benzene rings is 2. The number of hydrogen-bond acceptors (Lipinski definition) is 3. The number of allylic oxidation sites excluding steroid dienone is 5. The molecular weight excluding hydrogens is 288 g/mol. The Bertz CT molecular complexity index is 974. The molecule has 0 amide bonds. The van der Waals surface area contributed by atoms with Crippen LogP contribution in [0.4, 0.5) is 0 Å². The van der Waals surface area contributed by atoms with Crippen LogP contribution in [-0.4, -0.2) is 5.11 Å². The molecule has 1 aromatic rings. The molecule has 1 aliphatic carbocycles. The quantitative estimate of drug-likeness (QED) is 0.561. The molecule has 1 aromatic carbocycles. The molecule has 0 saturated carbocycles. The predicted octanol–water partition coefficient (Wildman–Crippen LogP) is 4.75. The molecule has 114 valence electrons. The smallest absolute Gasteiger partial charge is 0.182 e. The van der Waals surface area contributed by atoms with E-state index in [0.717, 1.165) is 22.1 Å². The van der Waals surface area contributed by atoms with Gasteiger partial charge in [0.1, 0.15) is 17.1 Å². The summed E-state index contributed by atoms with van der Waals surface area (Å²) in [7, 11) is 0. The topological polar surface area (TPSA) is 50.4 Å². The molecule has 1 aliphatic heterocycles. The van der Waals surface area contributed by atoms with E-state index in [0.29, 0.717) is 11.3 Å². The second-order valence-corrected chi connectivity index (χ2v) is 5.29. The van der Waals surface area contributed by atoms with E-state index in [1.54, 1.807) is 24.3 Å². The Morgan fingerprint density at radius 2 is 2.00 bits per heavy atom. The molecule has 2 aliphatic rings. The van der Waals surface area contributed by atoms with Crippen LogP contribution < -0.4 is 5.43 Å². The van der Waals surface area contributed by atoms with Gasteiger partial charge in [-0.15, -0.1) is 0 Å². The summed E-state index contributed by atoms with van der Waals surface area (Å²) in [5.74, 6) is 0.629. The summed E-state index contributed by atoms with van der Waals surface area (Å²) < 4.78 is 5.80. The van der Waals surface area contributed by atoms with E-state index < -0.39 is 0 Å². The highest BCUT2D eigenvalue weighted by molar-refractivity contribution is 5.98. The Hall–Kier alpha value is -3.07. The number of fused-ring (bicyclic) bond motifs is 2. The second-order valence-electron chi connectivity index (χ2n) is 5.29. The van der Waals surface area contributed by atoms with Gasteiger partial charge < -0.3 is 9.52 Å². The van der Waals surface area contributed by atoms with Gasteiger partial charge in [0.2, 0.25) is 0 Å². The third kappa shape index (κ3) is 2.81. The monoisotopic (exact) mass is 304 g/mol. The standard InChI is InChI=1S/C20H16O3/c1-3-4-5-6-13(2)20-16-9-7-14(21)11-18(16)23-19-12-15(22)8-10-17(19)20/h3-12,21H,1H2,2H3/b5-4-,13-6+. The molecule has 1 heterocycles. The van der Waals surface area contributed by atoms with Gasteiger partial charge in [-0.3, -0.25) is 4.79 Å². The van der Waals surface area contributed by atoms with Crippen molar-refractivity contribution in [3.8, 4) is 17.1 Å². The summed E-state index contributed by atoms with van der Waals surface area (Å²) in [6, 6.07) is 9.78. The number of phenolic OH excluding ortho intramolecular Hbond substituents is 1. The van der Waals surface area contributed by atoms with Crippen LogP contribution in [0.25, 0.3) is 27.9 Å². The highest BCUT2D eigenvalue weighted by Gasteiger charge is 2.16. The van der Waals surface area contributed by atoms with Crippen molar-refractivity contribution >= 4 is 16.5 Å². The summed E-state index contributed by atoms with van der Waals surface area (Å²) in [4.78, 5) is 11.6. The number of hydrogen-bond donors (Lipinski definition) is 1. The molecule has 0 unspecified atom stereocenters. The molecule has 1 N–H and O–H groups in total. The van der Waals surface area contributed by atoms with Crippen LogP contribution in [0.15, 0.2) is 76.5 Å². The summed E-state index contributed by atoms with van der Waals surface area (Å²) in [5.41, 5.74) is 3.30. The SMILES string of the molecule is C=C/C=C\C=C(/C)c1c2ccc(=O)cc-2oc2cc(O)ccc12. The van der Waals surface area contributed by atoms with Crippen molar-refractivity contribution in [3.63, 3.8) is 0 Å². The minimum Gasteiger partial charge on any atom is -0.508 e. The fourth-order valence-electron chi connectivity index (χ4n) is 2.65. The molecule has 23 heavy (non-hydrogen) atoms. The Kier molecular flexibility index (Phi) is 3.85. The number of aromatic hydroxyl groups is 1. The lowest BCUT2D eigenvalue weighted by molar-refractivity contribution is 0.474. The molecule has 3 nitrogen and oxygen atoms in total. The molecule has 0 saturated heterocycles. The van der Waals surface area contributed by atoms with Crippen molar-refractivity contribution < 1.29 is 9.52 Å². The van der Waals surface area contributed by atoms with Crippen LogP contribution in [0.3, 0.4) is 0 Å². The van der Waals surface area contributed by atoms with Gasteiger partial charge >= 0.3 is 0 Å². The second kappa shape index (κ2) is 5.97. The maximum atomic E-state index is 11.6. The average Bonchev–Trinajstić information content (AvgIpc) is 2.52. The van der Waals surface area contributed by atoms with Gasteiger partial charge in [-0.05, 0) is 42.3 Å². The zero-order valence-electron chi connectivity index (χ0n) is 12.7. The van der Waals surface area contributed by atoms with Crippen molar-refractivity contribution in [2.24, 2.45) is 0 Å². The Balaban J connectivity index is 2.40. The van der Waals surface area contributed by atoms with Crippen molar-refractivity contribution in [1.29, 1.82) is 0 Å². The first-order valence-electron chi connectivity index (χ1n) is 7.26. The normalized spacial score (nSPS) is 12.3. The minimum atomic E-state index is -0.111. The number of rotatable bonds is 3. The van der Waals surface area contributed by atoms with E-state index in [9.17, 15) is 9.90 Å². The van der Waals surface area contributed by atoms with E-state index in [-0.39, 0.29) is 11.2 Å². The third-order valence-electron chi connectivity index (χ3n) is 3.66. The van der Waals surface area contributed by atoms with E-state index in [1.807, 2.05) is 31.2 Å². The molecule has 0 aromatic heterocycles. The highest BCUT2D eigenvalue weighted by atomic mass is 16.3. The lowest BCUT2D eigenvalue weighted by Crippen LogP contribution is -2.00. The van der Waals surface area contributed by atoms with Gasteiger partial charge in [-0.2, -0.15) is 0 Å². The molecule has 0 bridgehead atoms.